The molecule has 0 fully saturated rings. The summed E-state index contributed by atoms with van der Waals surface area (Å²) in [6, 6.07) is 7.70. The van der Waals surface area contributed by atoms with Crippen LogP contribution in [0.4, 0.5) is 0 Å². The van der Waals surface area contributed by atoms with Gasteiger partial charge in [-0.3, -0.25) is 0 Å². The molecule has 0 spiro atoms. The Morgan fingerprint density at radius 1 is 0.617 bits per heavy atom. The van der Waals surface area contributed by atoms with Crippen LogP contribution in [0.2, 0.25) is 10.3 Å². The molecule has 47 heavy (non-hydrogen) atoms. The molecule has 0 saturated carbocycles. The molecular formula is C34H42Cl2N4O5S2. The maximum atomic E-state index is 10.9. The van der Waals surface area contributed by atoms with Crippen LogP contribution < -0.4 is 18.9 Å². The van der Waals surface area contributed by atoms with Crippen molar-refractivity contribution in [3.63, 3.8) is 0 Å². The van der Waals surface area contributed by atoms with Crippen molar-refractivity contribution in [2.75, 3.05) is 41.0 Å². The van der Waals surface area contributed by atoms with Crippen LogP contribution in [-0.2, 0) is 6.42 Å². The molecule has 1 atom stereocenters. The maximum absolute atomic E-state index is 10.9. The topological polar surface area (TPSA) is 109 Å². The van der Waals surface area contributed by atoms with Gasteiger partial charge in [0.05, 0.1) is 28.4 Å². The van der Waals surface area contributed by atoms with Gasteiger partial charge in [-0.25, -0.2) is 19.9 Å². The first-order chi connectivity index (χ1) is 22.4. The lowest BCUT2D eigenvalue weighted by Crippen LogP contribution is -2.08. The van der Waals surface area contributed by atoms with Crippen molar-refractivity contribution in [3.8, 4) is 23.0 Å². The van der Waals surface area contributed by atoms with Gasteiger partial charge < -0.3 is 24.1 Å². The van der Waals surface area contributed by atoms with E-state index < -0.39 is 6.10 Å². The second kappa shape index (κ2) is 18.0. The second-order valence-electron chi connectivity index (χ2n) is 10.9. The van der Waals surface area contributed by atoms with E-state index in [2.05, 4.69) is 33.8 Å². The fourth-order valence-corrected chi connectivity index (χ4v) is 6.08. The number of aromatic nitrogens is 4. The molecule has 0 aliphatic carbocycles. The summed E-state index contributed by atoms with van der Waals surface area (Å²) < 4.78 is 21.6. The second-order valence-corrected chi connectivity index (χ2v) is 13.2. The first-order valence-electron chi connectivity index (χ1n) is 14.7. The average molecular weight is 722 g/mol. The molecule has 2 heterocycles. The molecule has 1 unspecified atom stereocenters. The van der Waals surface area contributed by atoms with Gasteiger partial charge in [0.1, 0.15) is 16.4 Å². The Morgan fingerprint density at radius 2 is 1.06 bits per heavy atom. The van der Waals surface area contributed by atoms with Gasteiger partial charge in [-0.2, -0.15) is 0 Å². The fourth-order valence-electron chi connectivity index (χ4n) is 4.87. The predicted octanol–water partition coefficient (Wildman–Crippen LogP) is 8.66. The number of aliphatic hydroxyl groups excluding tert-OH is 1. The van der Waals surface area contributed by atoms with E-state index in [1.165, 1.54) is 29.1 Å². The van der Waals surface area contributed by atoms with E-state index in [9.17, 15) is 5.11 Å². The van der Waals surface area contributed by atoms with Gasteiger partial charge in [0.25, 0.3) is 0 Å². The van der Waals surface area contributed by atoms with E-state index >= 15 is 0 Å². The van der Waals surface area contributed by atoms with Gasteiger partial charge in [-0.15, -0.1) is 0 Å². The first kappa shape index (κ1) is 38.5. The number of nitrogens with zero attached hydrogens (tertiary/aromatic N) is 4. The average Bonchev–Trinajstić information content (AvgIpc) is 3.07. The minimum atomic E-state index is -0.953. The molecular weight excluding hydrogens is 679 g/mol. The van der Waals surface area contributed by atoms with Crippen LogP contribution in [0.3, 0.4) is 0 Å². The Labute approximate surface area is 296 Å². The molecule has 254 valence electrons. The summed E-state index contributed by atoms with van der Waals surface area (Å²) in [4.78, 5) is 17.0. The smallest absolute Gasteiger partial charge is 0.188 e. The van der Waals surface area contributed by atoms with Crippen LogP contribution >= 0.6 is 46.7 Å². The van der Waals surface area contributed by atoms with Gasteiger partial charge in [-0.1, -0.05) is 74.4 Å². The maximum Gasteiger partial charge on any atom is 0.188 e. The van der Waals surface area contributed by atoms with E-state index in [-0.39, 0.29) is 11.1 Å². The largest absolute Gasteiger partial charge is 0.493 e. The monoisotopic (exact) mass is 720 g/mol. The normalized spacial score (nSPS) is 11.6. The minimum Gasteiger partial charge on any atom is -0.493 e. The van der Waals surface area contributed by atoms with Crippen LogP contribution in [0, 0.1) is 0 Å². The molecule has 0 aliphatic heterocycles. The zero-order chi connectivity index (χ0) is 34.8. The van der Waals surface area contributed by atoms with Gasteiger partial charge in [0, 0.05) is 29.9 Å². The Kier molecular flexibility index (Phi) is 14.7. The lowest BCUT2D eigenvalue weighted by molar-refractivity contribution is 0.216. The Hall–Kier alpha value is -2.96. The molecule has 0 saturated heterocycles. The van der Waals surface area contributed by atoms with Crippen molar-refractivity contribution < 1.29 is 24.1 Å². The summed E-state index contributed by atoms with van der Waals surface area (Å²) >= 11 is 15.4. The van der Waals surface area contributed by atoms with E-state index in [1.54, 1.807) is 46.9 Å². The van der Waals surface area contributed by atoms with Gasteiger partial charge in [0.15, 0.2) is 33.3 Å². The molecule has 13 heteroatoms. The highest BCUT2D eigenvalue weighted by atomic mass is 35.5. The van der Waals surface area contributed by atoms with Crippen LogP contribution in [-0.4, -0.2) is 66.0 Å². The van der Waals surface area contributed by atoms with E-state index in [1.807, 2.05) is 44.6 Å². The molecule has 9 nitrogen and oxygen atoms in total. The molecule has 1 N–H and O–H groups in total. The summed E-state index contributed by atoms with van der Waals surface area (Å²) in [5.41, 5.74) is 5.35. The standard InChI is InChI=1S/C17H21ClN2O3S.C17H21ClN2O2S/c1-9(2)10-6-13(22-3)14(23-4)7-11(10)15(21)12-8-19-17(24-5)20-16(12)18;1-10(2)13-8-15(22-4)14(21-3)7-11(13)6-12-9-19-17(23-5)20-16(12)18/h6-9,15,21H,1-5H3;7-10H,6H2,1-5H3. The predicted molar refractivity (Wildman–Crippen MR) is 192 cm³/mol. The number of hydrogen-bond acceptors (Lipinski definition) is 11. The van der Waals surface area contributed by atoms with E-state index in [0.29, 0.717) is 56.2 Å². The van der Waals surface area contributed by atoms with Crippen molar-refractivity contribution in [2.24, 2.45) is 0 Å². The zero-order valence-corrected chi connectivity index (χ0v) is 31.5. The molecule has 0 radical (unpaired) electrons. The number of ether oxygens (including phenoxy) is 4. The van der Waals surface area contributed by atoms with Crippen molar-refractivity contribution >= 4 is 46.7 Å². The van der Waals surface area contributed by atoms with E-state index in [0.717, 1.165) is 22.4 Å². The van der Waals surface area contributed by atoms with Crippen LogP contribution in [0.1, 0.15) is 79.0 Å². The SMILES string of the molecule is COc1cc(C(C)C)c(C(O)c2cnc(SC)nc2Cl)cc1OC.COc1cc(Cc2cnc(SC)nc2Cl)c(C(C)C)cc1OC. The van der Waals surface area contributed by atoms with Crippen LogP contribution in [0.5, 0.6) is 23.0 Å². The zero-order valence-electron chi connectivity index (χ0n) is 28.3. The molecule has 2 aromatic carbocycles. The van der Waals surface area contributed by atoms with Crippen molar-refractivity contribution in [3.05, 3.63) is 80.3 Å². The summed E-state index contributed by atoms with van der Waals surface area (Å²) in [6.07, 6.45) is 6.85. The highest BCUT2D eigenvalue weighted by Crippen LogP contribution is 2.40. The lowest BCUT2D eigenvalue weighted by Gasteiger charge is -2.21. The van der Waals surface area contributed by atoms with Crippen LogP contribution in [0.25, 0.3) is 0 Å². The number of aliphatic hydroxyl groups is 1. The number of benzene rings is 2. The summed E-state index contributed by atoms with van der Waals surface area (Å²) in [5, 5.41) is 12.9. The Morgan fingerprint density at radius 3 is 1.51 bits per heavy atom. The van der Waals surface area contributed by atoms with Crippen molar-refractivity contribution in [2.45, 2.75) is 62.4 Å². The van der Waals surface area contributed by atoms with Gasteiger partial charge >= 0.3 is 0 Å². The van der Waals surface area contributed by atoms with Crippen LogP contribution in [0.15, 0.2) is 47.0 Å². The van der Waals surface area contributed by atoms with Crippen molar-refractivity contribution in [1.82, 2.24) is 19.9 Å². The quantitative estimate of drug-likeness (QED) is 0.0863. The number of thioether (sulfide) groups is 2. The third-order valence-corrected chi connectivity index (χ3v) is 9.10. The van der Waals surface area contributed by atoms with Gasteiger partial charge in [0.2, 0.25) is 0 Å². The molecule has 0 aliphatic rings. The summed E-state index contributed by atoms with van der Waals surface area (Å²) in [5.74, 6) is 3.16. The summed E-state index contributed by atoms with van der Waals surface area (Å²) in [6.45, 7) is 8.40. The fraction of sp³-hybridized carbons (Fsp3) is 0.412. The number of hydrogen-bond donors (Lipinski definition) is 1. The molecule has 4 rings (SSSR count). The number of halogens is 2. The lowest BCUT2D eigenvalue weighted by atomic mass is 9.91. The third kappa shape index (κ3) is 9.57. The third-order valence-electron chi connectivity index (χ3n) is 7.35. The summed E-state index contributed by atoms with van der Waals surface area (Å²) in [7, 11) is 6.43. The highest BCUT2D eigenvalue weighted by molar-refractivity contribution is 7.98. The number of methoxy groups -OCH3 is 4. The highest BCUT2D eigenvalue weighted by Gasteiger charge is 2.23. The Bertz CT molecular complexity index is 1660. The van der Waals surface area contributed by atoms with Crippen molar-refractivity contribution in [1.29, 1.82) is 0 Å². The molecule has 4 aromatic rings. The Balaban J connectivity index is 0.000000256. The minimum absolute atomic E-state index is 0.180. The van der Waals surface area contributed by atoms with E-state index in [4.69, 9.17) is 42.1 Å². The first-order valence-corrected chi connectivity index (χ1v) is 17.9. The molecule has 0 amide bonds. The molecule has 2 aromatic heterocycles. The van der Waals surface area contributed by atoms with Gasteiger partial charge in [-0.05, 0) is 70.9 Å². The number of rotatable bonds is 12. The molecule has 0 bridgehead atoms.